The van der Waals surface area contributed by atoms with Crippen LogP contribution in [0.4, 0.5) is 8.78 Å². The van der Waals surface area contributed by atoms with E-state index in [1.807, 2.05) is 0 Å². The molecule has 2 aromatic carbocycles. The van der Waals surface area contributed by atoms with Gasteiger partial charge in [-0.15, -0.1) is 4.33 Å². The number of carbonyl (C=O) groups excluding carboxylic acids is 1. The summed E-state index contributed by atoms with van der Waals surface area (Å²) in [5.74, 6) is -2.75. The summed E-state index contributed by atoms with van der Waals surface area (Å²) < 4.78 is 62.1. The smallest absolute Gasteiger partial charge is 0.289 e. The molecule has 0 aliphatic heterocycles. The van der Waals surface area contributed by atoms with Gasteiger partial charge < -0.3 is 0 Å². The lowest BCUT2D eigenvalue weighted by Gasteiger charge is -2.06. The van der Waals surface area contributed by atoms with Gasteiger partial charge in [0.05, 0.1) is 16.9 Å². The Labute approximate surface area is 138 Å². The van der Waals surface area contributed by atoms with Crippen molar-refractivity contribution in [2.75, 3.05) is 0 Å². The van der Waals surface area contributed by atoms with Crippen molar-refractivity contribution in [1.82, 2.24) is 0 Å². The monoisotopic (exact) mass is 378 g/mol. The Balaban J connectivity index is 2.42. The van der Waals surface area contributed by atoms with Gasteiger partial charge >= 0.3 is 0 Å². The van der Waals surface area contributed by atoms with Gasteiger partial charge in [-0.2, -0.15) is 8.42 Å². The number of hydrogen-bond donors (Lipinski definition) is 2. The van der Waals surface area contributed by atoms with E-state index in [4.69, 9.17) is 9.81 Å². The van der Waals surface area contributed by atoms with Crippen LogP contribution in [0.5, 0.6) is 0 Å². The van der Waals surface area contributed by atoms with Crippen molar-refractivity contribution in [3.05, 3.63) is 59.2 Å². The molecule has 128 valence electrons. The van der Waals surface area contributed by atoms with E-state index in [9.17, 15) is 22.0 Å². The van der Waals surface area contributed by atoms with E-state index >= 15 is 0 Å². The Morgan fingerprint density at radius 1 is 1.04 bits per heavy atom. The average molecular weight is 378 g/mol. The third-order valence-electron chi connectivity index (χ3n) is 2.82. The molecule has 0 atom stereocenters. The van der Waals surface area contributed by atoms with Gasteiger partial charge in [-0.1, -0.05) is 5.04 Å². The molecular weight excluding hydrogens is 370 g/mol. The zero-order valence-corrected chi connectivity index (χ0v) is 13.1. The second-order valence-corrected chi connectivity index (χ2v) is 6.45. The molecule has 7 nitrogen and oxygen atoms in total. The van der Waals surface area contributed by atoms with Crippen LogP contribution in [0.2, 0.25) is 0 Å². The maximum atomic E-state index is 13.5. The fraction of sp³-hybridized carbons (Fsp3) is 0. The van der Waals surface area contributed by atoms with E-state index < -0.39 is 32.4 Å². The van der Waals surface area contributed by atoms with Crippen LogP contribution in [-0.4, -0.2) is 24.0 Å². The van der Waals surface area contributed by atoms with E-state index in [1.54, 1.807) is 0 Å². The van der Waals surface area contributed by atoms with Crippen molar-refractivity contribution in [3.63, 3.8) is 0 Å². The Hall–Kier alpha value is -1.89. The van der Waals surface area contributed by atoms with Gasteiger partial charge in [0, 0.05) is 11.1 Å². The van der Waals surface area contributed by atoms with Crippen molar-refractivity contribution >= 4 is 27.9 Å². The van der Waals surface area contributed by atoms with Crippen LogP contribution in [-0.2, 0) is 19.5 Å². The third-order valence-corrected chi connectivity index (χ3v) is 4.31. The first-order chi connectivity index (χ1) is 11.2. The first-order valence-electron chi connectivity index (χ1n) is 6.00. The Morgan fingerprint density at radius 2 is 1.62 bits per heavy atom. The summed E-state index contributed by atoms with van der Waals surface area (Å²) in [6.07, 6.45) is 0. The molecule has 0 heterocycles. The van der Waals surface area contributed by atoms with Gasteiger partial charge in [0.15, 0.2) is 5.78 Å². The molecule has 0 saturated carbocycles. The Bertz CT molecular complexity index is 884. The maximum absolute atomic E-state index is 13.5. The molecule has 2 aromatic rings. The standard InChI is InChI=1S/C13H8F2O7S2/c14-9-3-1-7(5-11(9)23-22-21-17)13(16)8-2-4-10(15)12(6-8)24(18,19)20/h1-6,17H,(H,18,19,20). The average Bonchev–Trinajstić information content (AvgIpc) is 2.53. The van der Waals surface area contributed by atoms with Crippen molar-refractivity contribution in [2.45, 2.75) is 9.79 Å². The molecule has 11 heteroatoms. The summed E-state index contributed by atoms with van der Waals surface area (Å²) in [7, 11) is -4.85. The van der Waals surface area contributed by atoms with Crippen molar-refractivity contribution in [3.8, 4) is 0 Å². The van der Waals surface area contributed by atoms with Gasteiger partial charge in [0.2, 0.25) is 0 Å². The lowest BCUT2D eigenvalue weighted by atomic mass is 10.0. The predicted octanol–water partition coefficient (Wildman–Crippen LogP) is 2.87. The van der Waals surface area contributed by atoms with Crippen molar-refractivity contribution in [1.29, 1.82) is 0 Å². The number of rotatable bonds is 6. The number of benzene rings is 2. The molecule has 0 fully saturated rings. The van der Waals surface area contributed by atoms with E-state index in [-0.39, 0.29) is 28.1 Å². The third kappa shape index (κ3) is 4.14. The predicted molar refractivity (Wildman–Crippen MR) is 76.7 cm³/mol. The molecule has 0 amide bonds. The maximum Gasteiger partial charge on any atom is 0.297 e. The molecule has 0 aliphatic rings. The summed E-state index contributed by atoms with van der Waals surface area (Å²) >= 11 is 0.288. The van der Waals surface area contributed by atoms with Gasteiger partial charge in [-0.05, 0) is 36.4 Å². The normalized spacial score (nSPS) is 11.5. The van der Waals surface area contributed by atoms with E-state index in [0.717, 1.165) is 24.3 Å². The van der Waals surface area contributed by atoms with Crippen molar-refractivity contribution < 1.29 is 41.2 Å². The van der Waals surface area contributed by atoms with Crippen LogP contribution in [0, 0.1) is 11.6 Å². The van der Waals surface area contributed by atoms with Crippen LogP contribution < -0.4 is 0 Å². The Morgan fingerprint density at radius 3 is 2.21 bits per heavy atom. The van der Waals surface area contributed by atoms with E-state index in [1.165, 1.54) is 0 Å². The molecule has 0 saturated heterocycles. The quantitative estimate of drug-likeness (QED) is 0.260. The number of ketones is 1. The highest BCUT2D eigenvalue weighted by Crippen LogP contribution is 2.26. The first kappa shape index (κ1) is 18.4. The molecule has 2 rings (SSSR count). The minimum atomic E-state index is -4.85. The van der Waals surface area contributed by atoms with Crippen LogP contribution in [0.1, 0.15) is 15.9 Å². The van der Waals surface area contributed by atoms with Gasteiger partial charge in [-0.25, -0.2) is 14.0 Å². The number of halogens is 2. The fourth-order valence-corrected chi connectivity index (χ4v) is 2.79. The summed E-state index contributed by atoms with van der Waals surface area (Å²) in [6, 6.07) is 5.48. The number of hydrogen-bond acceptors (Lipinski definition) is 7. The second-order valence-electron chi connectivity index (χ2n) is 4.32. The van der Waals surface area contributed by atoms with Gasteiger partial charge in [0.1, 0.15) is 16.5 Å². The van der Waals surface area contributed by atoms with Crippen molar-refractivity contribution in [2.24, 2.45) is 0 Å². The minimum Gasteiger partial charge on any atom is -0.289 e. The van der Waals surface area contributed by atoms with E-state index in [2.05, 4.69) is 9.37 Å². The van der Waals surface area contributed by atoms with Gasteiger partial charge in [-0.3, -0.25) is 9.35 Å². The highest BCUT2D eigenvalue weighted by atomic mass is 32.2. The molecule has 0 unspecified atom stereocenters. The lowest BCUT2D eigenvalue weighted by Crippen LogP contribution is -2.07. The summed E-state index contributed by atoms with van der Waals surface area (Å²) in [4.78, 5) is 11.1. The van der Waals surface area contributed by atoms with Gasteiger partial charge in [0.25, 0.3) is 10.1 Å². The fourth-order valence-electron chi connectivity index (χ4n) is 1.77. The molecule has 24 heavy (non-hydrogen) atoms. The molecule has 0 bridgehead atoms. The molecule has 0 spiro atoms. The first-order valence-corrected chi connectivity index (χ1v) is 8.18. The minimum absolute atomic E-state index is 0.0756. The van der Waals surface area contributed by atoms with Crippen LogP contribution in [0.15, 0.2) is 46.2 Å². The molecule has 0 radical (unpaired) electrons. The molecule has 0 aromatic heterocycles. The summed E-state index contributed by atoms with van der Waals surface area (Å²) in [6.45, 7) is 0. The second kappa shape index (κ2) is 7.34. The highest BCUT2D eigenvalue weighted by molar-refractivity contribution is 7.94. The van der Waals surface area contributed by atoms with Crippen LogP contribution in [0.25, 0.3) is 0 Å². The Kier molecular flexibility index (Phi) is 5.64. The SMILES string of the molecule is O=C(c1ccc(F)c(SOOO)c1)c1ccc(F)c(S(=O)(=O)O)c1. The lowest BCUT2D eigenvalue weighted by molar-refractivity contribution is -0.432. The summed E-state index contributed by atoms with van der Waals surface area (Å²) in [5, 5.41) is 11.4. The van der Waals surface area contributed by atoms with Crippen LogP contribution >= 0.6 is 12.0 Å². The van der Waals surface area contributed by atoms with Crippen LogP contribution in [0.3, 0.4) is 0 Å². The topological polar surface area (TPSA) is 110 Å². The largest absolute Gasteiger partial charge is 0.297 e. The molecule has 2 N–H and O–H groups in total. The van der Waals surface area contributed by atoms with E-state index in [0.29, 0.717) is 12.1 Å². The molecule has 0 aliphatic carbocycles. The summed E-state index contributed by atoms with van der Waals surface area (Å²) in [5.41, 5.74) is -0.320. The molecular formula is C13H8F2O7S2. The zero-order valence-electron chi connectivity index (χ0n) is 11.5. The number of carbonyl (C=O) groups is 1. The zero-order chi connectivity index (χ0) is 17.9. The highest BCUT2D eigenvalue weighted by Gasteiger charge is 2.20.